The Bertz CT molecular complexity index is 230. The van der Waals surface area contributed by atoms with Crippen molar-refractivity contribution in [1.29, 1.82) is 0 Å². The Morgan fingerprint density at radius 1 is 1.33 bits per heavy atom. The average molecular weight is 215 g/mol. The van der Waals surface area contributed by atoms with Gasteiger partial charge in [-0.2, -0.15) is 0 Å². The second kappa shape index (κ2) is 5.73. The SMILES string of the molecule is CCC(NC(=O)CC(C)(C)C)C(=O)OC. The number of carbonyl (C=O) groups excluding carboxylic acids is 2. The summed E-state index contributed by atoms with van der Waals surface area (Å²) in [4.78, 5) is 22.7. The zero-order valence-corrected chi connectivity index (χ0v) is 10.2. The second-order valence-corrected chi connectivity index (χ2v) is 4.79. The van der Waals surface area contributed by atoms with Gasteiger partial charge in [0.2, 0.25) is 5.91 Å². The van der Waals surface area contributed by atoms with E-state index in [0.29, 0.717) is 12.8 Å². The maximum absolute atomic E-state index is 11.5. The van der Waals surface area contributed by atoms with Crippen LogP contribution in [0.2, 0.25) is 0 Å². The van der Waals surface area contributed by atoms with Crippen molar-refractivity contribution in [3.8, 4) is 0 Å². The van der Waals surface area contributed by atoms with Gasteiger partial charge in [-0.3, -0.25) is 4.79 Å². The Labute approximate surface area is 91.4 Å². The smallest absolute Gasteiger partial charge is 0.328 e. The zero-order valence-electron chi connectivity index (χ0n) is 10.2. The van der Waals surface area contributed by atoms with Crippen molar-refractivity contribution >= 4 is 11.9 Å². The molecule has 0 aromatic heterocycles. The van der Waals surface area contributed by atoms with Gasteiger partial charge in [0, 0.05) is 6.42 Å². The molecule has 0 aromatic carbocycles. The summed E-state index contributed by atoms with van der Waals surface area (Å²) < 4.78 is 4.58. The van der Waals surface area contributed by atoms with Gasteiger partial charge in [-0.15, -0.1) is 0 Å². The zero-order chi connectivity index (χ0) is 12.1. The first-order chi connectivity index (χ1) is 6.80. The van der Waals surface area contributed by atoms with E-state index in [1.54, 1.807) is 0 Å². The van der Waals surface area contributed by atoms with E-state index in [9.17, 15) is 9.59 Å². The fraction of sp³-hybridized carbons (Fsp3) is 0.818. The lowest BCUT2D eigenvalue weighted by Gasteiger charge is -2.20. The molecule has 0 bridgehead atoms. The number of esters is 1. The normalized spacial score (nSPS) is 13.1. The van der Waals surface area contributed by atoms with Gasteiger partial charge in [0.05, 0.1) is 7.11 Å². The summed E-state index contributed by atoms with van der Waals surface area (Å²) in [5, 5.41) is 2.66. The van der Waals surface area contributed by atoms with E-state index in [-0.39, 0.29) is 17.3 Å². The van der Waals surface area contributed by atoms with Gasteiger partial charge in [-0.05, 0) is 11.8 Å². The lowest BCUT2D eigenvalue weighted by molar-refractivity contribution is -0.145. The number of amides is 1. The fourth-order valence-corrected chi connectivity index (χ4v) is 1.20. The molecule has 1 unspecified atom stereocenters. The predicted octanol–water partition coefficient (Wildman–Crippen LogP) is 1.49. The molecule has 0 aliphatic heterocycles. The highest BCUT2D eigenvalue weighted by atomic mass is 16.5. The van der Waals surface area contributed by atoms with Gasteiger partial charge in [0.1, 0.15) is 6.04 Å². The molecule has 0 radical (unpaired) electrons. The Kier molecular flexibility index (Phi) is 5.33. The monoisotopic (exact) mass is 215 g/mol. The minimum absolute atomic E-state index is 0.0709. The van der Waals surface area contributed by atoms with Crippen LogP contribution < -0.4 is 5.32 Å². The highest BCUT2D eigenvalue weighted by Gasteiger charge is 2.22. The van der Waals surface area contributed by atoms with Crippen molar-refractivity contribution < 1.29 is 14.3 Å². The molecule has 0 heterocycles. The first-order valence-corrected chi connectivity index (χ1v) is 5.17. The third-order valence-corrected chi connectivity index (χ3v) is 1.92. The molecule has 88 valence electrons. The number of carbonyl (C=O) groups is 2. The van der Waals surface area contributed by atoms with Crippen LogP contribution in [0.15, 0.2) is 0 Å². The molecular formula is C11H21NO3. The summed E-state index contributed by atoms with van der Waals surface area (Å²) in [6, 6.07) is -0.523. The highest BCUT2D eigenvalue weighted by molar-refractivity contribution is 5.84. The maximum atomic E-state index is 11.5. The van der Waals surface area contributed by atoms with Gasteiger partial charge in [-0.25, -0.2) is 4.79 Å². The molecule has 0 saturated heterocycles. The Morgan fingerprint density at radius 3 is 2.20 bits per heavy atom. The summed E-state index contributed by atoms with van der Waals surface area (Å²) in [6.45, 7) is 7.77. The van der Waals surface area contributed by atoms with Gasteiger partial charge < -0.3 is 10.1 Å². The number of methoxy groups -OCH3 is 1. The number of nitrogens with one attached hydrogen (secondary N) is 1. The van der Waals surface area contributed by atoms with Crippen molar-refractivity contribution in [2.24, 2.45) is 5.41 Å². The molecule has 0 aliphatic rings. The van der Waals surface area contributed by atoms with Crippen LogP contribution in [0.4, 0.5) is 0 Å². The van der Waals surface area contributed by atoms with E-state index in [1.807, 2.05) is 27.7 Å². The van der Waals surface area contributed by atoms with Gasteiger partial charge in [0.15, 0.2) is 0 Å². The van der Waals surface area contributed by atoms with Crippen molar-refractivity contribution in [3.63, 3.8) is 0 Å². The van der Waals surface area contributed by atoms with Gasteiger partial charge in [0.25, 0.3) is 0 Å². The van der Waals surface area contributed by atoms with Crippen LogP contribution >= 0.6 is 0 Å². The molecule has 0 saturated carbocycles. The van der Waals surface area contributed by atoms with E-state index >= 15 is 0 Å². The first kappa shape index (κ1) is 13.9. The molecule has 0 aromatic rings. The third-order valence-electron chi connectivity index (χ3n) is 1.92. The van der Waals surface area contributed by atoms with Crippen molar-refractivity contribution in [2.45, 2.75) is 46.6 Å². The summed E-state index contributed by atoms with van der Waals surface area (Å²) in [6.07, 6.45) is 0.947. The molecule has 4 nitrogen and oxygen atoms in total. The van der Waals surface area contributed by atoms with Gasteiger partial charge in [-0.1, -0.05) is 27.7 Å². The summed E-state index contributed by atoms with van der Waals surface area (Å²) in [7, 11) is 1.32. The fourth-order valence-electron chi connectivity index (χ4n) is 1.20. The molecule has 0 spiro atoms. The highest BCUT2D eigenvalue weighted by Crippen LogP contribution is 2.18. The summed E-state index contributed by atoms with van der Waals surface area (Å²) in [5.41, 5.74) is -0.0709. The molecule has 4 heteroatoms. The summed E-state index contributed by atoms with van der Waals surface area (Å²) >= 11 is 0. The predicted molar refractivity (Wildman–Crippen MR) is 58.3 cm³/mol. The molecule has 15 heavy (non-hydrogen) atoms. The minimum Gasteiger partial charge on any atom is -0.467 e. The molecule has 0 rings (SSSR count). The van der Waals surface area contributed by atoms with Crippen LogP contribution in [0.3, 0.4) is 0 Å². The summed E-state index contributed by atoms with van der Waals surface area (Å²) in [5.74, 6) is -0.500. The Balaban J connectivity index is 4.20. The quantitative estimate of drug-likeness (QED) is 0.723. The van der Waals surface area contributed by atoms with E-state index < -0.39 is 6.04 Å². The maximum Gasteiger partial charge on any atom is 0.328 e. The average Bonchev–Trinajstić information content (AvgIpc) is 2.10. The lowest BCUT2D eigenvalue weighted by Crippen LogP contribution is -2.42. The Morgan fingerprint density at radius 2 is 1.87 bits per heavy atom. The van der Waals surface area contributed by atoms with E-state index in [2.05, 4.69) is 10.1 Å². The van der Waals surface area contributed by atoms with Crippen LogP contribution in [0.1, 0.15) is 40.5 Å². The molecule has 0 aliphatic carbocycles. The number of rotatable bonds is 4. The van der Waals surface area contributed by atoms with E-state index in [4.69, 9.17) is 0 Å². The second-order valence-electron chi connectivity index (χ2n) is 4.79. The van der Waals surface area contributed by atoms with Crippen molar-refractivity contribution in [2.75, 3.05) is 7.11 Å². The van der Waals surface area contributed by atoms with Crippen molar-refractivity contribution in [1.82, 2.24) is 5.32 Å². The third kappa shape index (κ3) is 6.10. The first-order valence-electron chi connectivity index (χ1n) is 5.17. The van der Waals surface area contributed by atoms with Gasteiger partial charge >= 0.3 is 5.97 Å². The lowest BCUT2D eigenvalue weighted by atomic mass is 9.92. The topological polar surface area (TPSA) is 55.4 Å². The molecule has 0 fully saturated rings. The number of ether oxygens (including phenoxy) is 1. The molecule has 1 atom stereocenters. The van der Waals surface area contributed by atoms with E-state index in [0.717, 1.165) is 0 Å². The van der Waals surface area contributed by atoms with Crippen LogP contribution in [-0.4, -0.2) is 25.0 Å². The standard InChI is InChI=1S/C11H21NO3/c1-6-8(10(14)15-5)12-9(13)7-11(2,3)4/h8H,6-7H2,1-5H3,(H,12,13). The van der Waals surface area contributed by atoms with E-state index in [1.165, 1.54) is 7.11 Å². The van der Waals surface area contributed by atoms with Crippen molar-refractivity contribution in [3.05, 3.63) is 0 Å². The Hall–Kier alpha value is -1.06. The van der Waals surface area contributed by atoms with Crippen LogP contribution in [0.25, 0.3) is 0 Å². The number of hydrogen-bond acceptors (Lipinski definition) is 3. The van der Waals surface area contributed by atoms with Crippen LogP contribution in [0.5, 0.6) is 0 Å². The number of hydrogen-bond donors (Lipinski definition) is 1. The molecule has 1 amide bonds. The largest absolute Gasteiger partial charge is 0.467 e. The van der Waals surface area contributed by atoms with Crippen LogP contribution in [0, 0.1) is 5.41 Å². The molecular weight excluding hydrogens is 194 g/mol. The van der Waals surface area contributed by atoms with Crippen LogP contribution in [-0.2, 0) is 14.3 Å². The molecule has 1 N–H and O–H groups in total. The minimum atomic E-state index is -0.523.